The summed E-state index contributed by atoms with van der Waals surface area (Å²) >= 11 is 11.9. The smallest absolute Gasteiger partial charge is 0.348 e. The summed E-state index contributed by atoms with van der Waals surface area (Å²) in [5.41, 5.74) is 0.597. The first-order chi connectivity index (χ1) is 24.3. The predicted octanol–water partition coefficient (Wildman–Crippen LogP) is 5.23. The maximum Gasteiger partial charge on any atom is 0.471 e. The van der Waals surface area contributed by atoms with E-state index in [2.05, 4.69) is 93.9 Å². The molecule has 2 amide bonds. The number of carbonyl (C=O) groups excluding carboxylic acids is 2. The van der Waals surface area contributed by atoms with Gasteiger partial charge in [0.2, 0.25) is 0 Å². The van der Waals surface area contributed by atoms with Gasteiger partial charge in [-0.25, -0.2) is 0 Å². The van der Waals surface area contributed by atoms with Gasteiger partial charge in [0.05, 0.1) is 15.7 Å². The number of carbonyl (C=O) groups is 2. The lowest BCUT2D eigenvalue weighted by molar-refractivity contribution is -0.173. The highest BCUT2D eigenvalue weighted by atomic mass is 35.5. The number of amides is 2. The van der Waals surface area contributed by atoms with Crippen LogP contribution in [-0.4, -0.2) is 45.8 Å². The topological polar surface area (TPSA) is 67.2 Å². The van der Waals surface area contributed by atoms with E-state index in [9.17, 15) is 22.8 Å². The van der Waals surface area contributed by atoms with Gasteiger partial charge in [-0.05, 0) is 120 Å². The number of benzene rings is 1. The highest BCUT2D eigenvalue weighted by Gasteiger charge is 2.44. The van der Waals surface area contributed by atoms with Crippen LogP contribution in [-0.2, 0) is 30.2 Å². The minimum Gasteiger partial charge on any atom is -0.348 e. The summed E-state index contributed by atoms with van der Waals surface area (Å²) in [5, 5.41) is 6.53. The monoisotopic (exact) mass is 732 g/mol. The Morgan fingerprint density at radius 2 is 1.55 bits per heavy atom. The highest BCUT2D eigenvalue weighted by molar-refractivity contribution is 6.42. The molecule has 1 unspecified atom stereocenters. The SMILES string of the molecule is C#CC#CC#CC#CC#CC#CC#CC#CC.O=C(c1ccc(Cl)c(Cl)c1)N1CCc2nn3c(c2C1)C(F)(F)CCC(CNC(=O)C(F)(F)F)C3. The number of rotatable bonds is 3. The third kappa shape index (κ3) is 11.9. The molecule has 0 saturated heterocycles. The van der Waals surface area contributed by atoms with Crippen LogP contribution in [0.1, 0.15) is 47.1 Å². The predicted molar refractivity (Wildman–Crippen MR) is 182 cm³/mol. The van der Waals surface area contributed by atoms with Gasteiger partial charge in [-0.1, -0.05) is 29.1 Å². The second-order valence-electron chi connectivity index (χ2n) is 10.4. The zero-order chi connectivity index (χ0) is 37.4. The van der Waals surface area contributed by atoms with E-state index in [1.54, 1.807) is 12.2 Å². The van der Waals surface area contributed by atoms with Crippen LogP contribution in [0.5, 0.6) is 0 Å². The molecule has 0 spiro atoms. The van der Waals surface area contributed by atoms with E-state index in [-0.39, 0.29) is 59.3 Å². The Bertz CT molecular complexity index is 2190. The average molecular weight is 734 g/mol. The minimum atomic E-state index is -5.05. The lowest BCUT2D eigenvalue weighted by atomic mass is 9.97. The van der Waals surface area contributed by atoms with Crippen molar-refractivity contribution >= 4 is 35.0 Å². The molecule has 2 aromatic rings. The van der Waals surface area contributed by atoms with Crippen molar-refractivity contribution in [2.24, 2.45) is 5.92 Å². The molecule has 0 fully saturated rings. The molecule has 0 radical (unpaired) electrons. The second-order valence-corrected chi connectivity index (χ2v) is 11.2. The number of alkyl halides is 5. The Balaban J connectivity index is 0.000000351. The van der Waals surface area contributed by atoms with Crippen molar-refractivity contribution in [2.45, 2.75) is 51.4 Å². The van der Waals surface area contributed by atoms with E-state index < -0.39 is 42.8 Å². The van der Waals surface area contributed by atoms with Gasteiger partial charge in [0.15, 0.2) is 0 Å². The quantitative estimate of drug-likeness (QED) is 0.348. The van der Waals surface area contributed by atoms with Crippen LogP contribution < -0.4 is 5.32 Å². The van der Waals surface area contributed by atoms with Crippen molar-refractivity contribution in [1.82, 2.24) is 20.0 Å². The van der Waals surface area contributed by atoms with Crippen LogP contribution in [0.4, 0.5) is 22.0 Å². The fourth-order valence-electron chi connectivity index (χ4n) is 4.74. The number of halogens is 7. The molecule has 51 heavy (non-hydrogen) atoms. The van der Waals surface area contributed by atoms with E-state index in [1.807, 2.05) is 0 Å². The van der Waals surface area contributed by atoms with Gasteiger partial charge in [-0.2, -0.15) is 27.1 Å². The lowest BCUT2D eigenvalue weighted by Crippen LogP contribution is -2.40. The van der Waals surface area contributed by atoms with Gasteiger partial charge >= 0.3 is 12.1 Å². The molecule has 13 heteroatoms. The Kier molecular flexibility index (Phi) is 14.5. The lowest BCUT2D eigenvalue weighted by Gasteiger charge is -2.28. The molecule has 0 saturated carbocycles. The molecular weight excluding hydrogens is 710 g/mol. The van der Waals surface area contributed by atoms with Crippen molar-refractivity contribution in [1.29, 1.82) is 0 Å². The normalized spacial score (nSPS) is 14.4. The zero-order valence-corrected chi connectivity index (χ0v) is 28.2. The molecule has 3 heterocycles. The summed E-state index contributed by atoms with van der Waals surface area (Å²) in [5.74, 6) is 30.5. The first-order valence-corrected chi connectivity index (χ1v) is 15.5. The number of nitrogens with one attached hydrogen (secondary N) is 1. The van der Waals surface area contributed by atoms with Crippen LogP contribution in [0.25, 0.3) is 0 Å². The standard InChI is InChI=1S/C21H19Cl2F5N4O2.C17H4/c22-14-2-1-12(7-15(14)23)18(33)31-6-4-16-13(10-31)17-20(24,25)5-3-11(9-32(17)30-16)8-29-19(34)21(26,27)28;1-3-5-7-9-11-13-15-17-16-14-12-10-8-6-4-2/h1-2,7,11H,3-6,8-10H2,(H,29,34);1H,2H3. The maximum absolute atomic E-state index is 15.1. The number of hydrogen-bond donors (Lipinski definition) is 1. The number of nitrogens with zero attached hydrogens (tertiary/aromatic N) is 3. The third-order valence-corrected chi connectivity index (χ3v) is 7.69. The fraction of sp³-hybridized carbons (Fsp3) is 0.289. The van der Waals surface area contributed by atoms with Crippen LogP contribution in [0.3, 0.4) is 0 Å². The highest BCUT2D eigenvalue weighted by Crippen LogP contribution is 2.42. The molecular formula is C38H23Cl2F5N4O2. The molecule has 0 bridgehead atoms. The Labute approximate surface area is 302 Å². The van der Waals surface area contributed by atoms with Gasteiger partial charge in [-0.15, -0.1) is 6.42 Å². The maximum atomic E-state index is 15.1. The molecule has 2 aliphatic rings. The van der Waals surface area contributed by atoms with Crippen molar-refractivity contribution < 1.29 is 31.5 Å². The van der Waals surface area contributed by atoms with Gasteiger partial charge in [-0.3, -0.25) is 14.3 Å². The fourth-order valence-corrected chi connectivity index (χ4v) is 5.04. The Morgan fingerprint density at radius 1 is 0.961 bits per heavy atom. The Hall–Kier alpha value is -5.92. The van der Waals surface area contributed by atoms with E-state index in [4.69, 9.17) is 29.6 Å². The Morgan fingerprint density at radius 3 is 2.10 bits per heavy atom. The van der Waals surface area contributed by atoms with Crippen LogP contribution >= 0.6 is 23.2 Å². The molecule has 0 aliphatic carbocycles. The summed E-state index contributed by atoms with van der Waals surface area (Å²) in [6.07, 6.45) is -0.634. The zero-order valence-electron chi connectivity index (χ0n) is 26.6. The van der Waals surface area contributed by atoms with Gasteiger partial charge in [0.25, 0.3) is 11.8 Å². The number of aromatic nitrogens is 2. The average Bonchev–Trinajstić information content (AvgIpc) is 3.40. The van der Waals surface area contributed by atoms with Gasteiger partial charge in [0, 0.05) is 50.1 Å². The minimum absolute atomic E-state index is 0.0726. The molecule has 4 rings (SSSR count). The van der Waals surface area contributed by atoms with Crippen molar-refractivity contribution in [2.75, 3.05) is 13.1 Å². The van der Waals surface area contributed by atoms with Crippen molar-refractivity contribution in [3.63, 3.8) is 0 Å². The van der Waals surface area contributed by atoms with E-state index in [1.165, 1.54) is 23.1 Å². The largest absolute Gasteiger partial charge is 0.471 e. The van der Waals surface area contributed by atoms with Crippen molar-refractivity contribution in [3.8, 4) is 95.2 Å². The van der Waals surface area contributed by atoms with Crippen LogP contribution in [0.2, 0.25) is 10.0 Å². The first-order valence-electron chi connectivity index (χ1n) is 14.7. The van der Waals surface area contributed by atoms with Gasteiger partial charge < -0.3 is 10.2 Å². The first kappa shape index (κ1) is 39.5. The molecule has 6 nitrogen and oxygen atoms in total. The second kappa shape index (κ2) is 18.7. The van der Waals surface area contributed by atoms with Crippen LogP contribution in [0.15, 0.2) is 18.2 Å². The van der Waals surface area contributed by atoms with E-state index >= 15 is 8.78 Å². The number of fused-ring (bicyclic) bond motifs is 3. The van der Waals surface area contributed by atoms with Crippen LogP contribution in [0, 0.1) is 101 Å². The number of terminal acetylenes is 1. The summed E-state index contributed by atoms with van der Waals surface area (Å²) in [6, 6.07) is 4.39. The molecule has 2 aliphatic heterocycles. The molecule has 1 N–H and O–H groups in total. The summed E-state index contributed by atoms with van der Waals surface area (Å²) < 4.78 is 68.8. The van der Waals surface area contributed by atoms with E-state index in [0.29, 0.717) is 5.69 Å². The summed E-state index contributed by atoms with van der Waals surface area (Å²) in [6.45, 7) is 1.39. The molecule has 256 valence electrons. The van der Waals surface area contributed by atoms with Gasteiger partial charge in [0.1, 0.15) is 5.69 Å². The molecule has 1 aromatic heterocycles. The summed E-state index contributed by atoms with van der Waals surface area (Å²) in [4.78, 5) is 25.5. The van der Waals surface area contributed by atoms with E-state index in [0.717, 1.165) is 4.68 Å². The molecule has 1 aromatic carbocycles. The third-order valence-electron chi connectivity index (χ3n) is 6.96. The number of hydrogen-bond acceptors (Lipinski definition) is 3. The summed E-state index contributed by atoms with van der Waals surface area (Å²) in [7, 11) is 0. The van der Waals surface area contributed by atoms with Crippen molar-refractivity contribution in [3.05, 3.63) is 50.8 Å². The molecule has 1 atom stereocenters.